The molecule has 0 bridgehead atoms. The Bertz CT molecular complexity index is 351. The molecule has 0 unspecified atom stereocenters. The van der Waals surface area contributed by atoms with E-state index >= 15 is 0 Å². The monoisotopic (exact) mass is 249 g/mol. The molecule has 0 N–H and O–H groups in total. The first-order chi connectivity index (χ1) is 8.35. The van der Waals surface area contributed by atoms with Gasteiger partial charge in [0.05, 0.1) is 0 Å². The van der Waals surface area contributed by atoms with Crippen LogP contribution >= 0.6 is 11.6 Å². The van der Waals surface area contributed by atoms with Crippen molar-refractivity contribution in [1.82, 2.24) is 0 Å². The number of nitrogens with zero attached hydrogens (tertiary/aromatic N) is 1. The number of alkyl halides is 1. The van der Waals surface area contributed by atoms with Crippen LogP contribution in [0.5, 0.6) is 0 Å². The van der Waals surface area contributed by atoms with Crippen molar-refractivity contribution in [2.45, 2.75) is 31.6 Å². The minimum absolute atomic E-state index is 0.617. The van der Waals surface area contributed by atoms with Crippen LogP contribution in [0.1, 0.15) is 31.2 Å². The largest absolute Gasteiger partial charge is 0.371 e. The third-order valence-electron chi connectivity index (χ3n) is 3.81. The number of halogens is 1. The van der Waals surface area contributed by atoms with Gasteiger partial charge >= 0.3 is 0 Å². The van der Waals surface area contributed by atoms with Crippen molar-refractivity contribution in [3.8, 4) is 0 Å². The number of benzene rings is 1. The Morgan fingerprint density at radius 2 is 1.47 bits per heavy atom. The van der Waals surface area contributed by atoms with Crippen molar-refractivity contribution in [2.24, 2.45) is 11.8 Å². The van der Waals surface area contributed by atoms with Gasteiger partial charge < -0.3 is 4.90 Å². The van der Waals surface area contributed by atoms with Crippen LogP contribution in [-0.4, -0.2) is 13.1 Å². The summed E-state index contributed by atoms with van der Waals surface area (Å²) in [6.07, 6.45) is 5.73. The molecule has 0 atom stereocenters. The van der Waals surface area contributed by atoms with E-state index in [4.69, 9.17) is 11.6 Å². The normalized spacial score (nSPS) is 19.4. The van der Waals surface area contributed by atoms with Crippen LogP contribution in [0.15, 0.2) is 24.3 Å². The molecule has 0 radical (unpaired) electrons. The van der Waals surface area contributed by atoms with Crippen LogP contribution in [0.3, 0.4) is 0 Å². The third-order valence-corrected chi connectivity index (χ3v) is 4.12. The van der Waals surface area contributed by atoms with Crippen LogP contribution in [0.25, 0.3) is 0 Å². The molecule has 0 aliphatic heterocycles. The van der Waals surface area contributed by atoms with Crippen molar-refractivity contribution >= 4 is 17.3 Å². The summed E-state index contributed by atoms with van der Waals surface area (Å²) in [6.45, 7) is 2.52. The standard InChI is InChI=1S/C15H20ClN/c16-9-12-5-7-15(8-6-12)17(10-13-1-2-13)11-14-3-4-14/h5-8,13-14H,1-4,9-11H2. The summed E-state index contributed by atoms with van der Waals surface area (Å²) >= 11 is 5.83. The second kappa shape index (κ2) is 4.89. The van der Waals surface area contributed by atoms with Gasteiger partial charge in [-0.3, -0.25) is 0 Å². The van der Waals surface area contributed by atoms with Crippen molar-refractivity contribution in [3.63, 3.8) is 0 Å². The zero-order chi connectivity index (χ0) is 11.7. The molecule has 2 fully saturated rings. The van der Waals surface area contributed by atoms with Gasteiger partial charge in [0.1, 0.15) is 0 Å². The minimum atomic E-state index is 0.617. The first kappa shape index (κ1) is 11.4. The molecule has 17 heavy (non-hydrogen) atoms. The molecule has 1 aromatic carbocycles. The molecule has 0 saturated heterocycles. The quantitative estimate of drug-likeness (QED) is 0.688. The molecular weight excluding hydrogens is 230 g/mol. The van der Waals surface area contributed by atoms with E-state index in [0.29, 0.717) is 5.88 Å². The summed E-state index contributed by atoms with van der Waals surface area (Å²) in [5.41, 5.74) is 2.60. The summed E-state index contributed by atoms with van der Waals surface area (Å²) in [5.74, 6) is 2.54. The summed E-state index contributed by atoms with van der Waals surface area (Å²) in [5, 5.41) is 0. The zero-order valence-electron chi connectivity index (χ0n) is 10.2. The number of hydrogen-bond donors (Lipinski definition) is 0. The first-order valence-electron chi connectivity index (χ1n) is 6.75. The highest BCUT2D eigenvalue weighted by atomic mass is 35.5. The van der Waals surface area contributed by atoms with Crippen molar-refractivity contribution in [1.29, 1.82) is 0 Å². The van der Waals surface area contributed by atoms with Gasteiger partial charge in [0.2, 0.25) is 0 Å². The Morgan fingerprint density at radius 1 is 0.941 bits per heavy atom. The van der Waals surface area contributed by atoms with E-state index in [-0.39, 0.29) is 0 Å². The van der Waals surface area contributed by atoms with Crippen LogP contribution in [0.2, 0.25) is 0 Å². The lowest BCUT2D eigenvalue weighted by molar-refractivity contribution is 0.679. The van der Waals surface area contributed by atoms with E-state index in [9.17, 15) is 0 Å². The second-order valence-electron chi connectivity index (χ2n) is 5.59. The maximum atomic E-state index is 5.83. The first-order valence-corrected chi connectivity index (χ1v) is 7.28. The Balaban J connectivity index is 1.69. The van der Waals surface area contributed by atoms with E-state index in [1.807, 2.05) is 0 Å². The van der Waals surface area contributed by atoms with Crippen LogP contribution < -0.4 is 4.90 Å². The molecule has 0 heterocycles. The van der Waals surface area contributed by atoms with E-state index in [1.54, 1.807) is 0 Å². The fourth-order valence-corrected chi connectivity index (χ4v) is 2.48. The average Bonchev–Trinajstić information content (AvgIpc) is 3.23. The molecule has 92 valence electrons. The van der Waals surface area contributed by atoms with E-state index in [1.165, 1.54) is 50.0 Å². The molecule has 2 aliphatic rings. The lowest BCUT2D eigenvalue weighted by atomic mass is 10.2. The van der Waals surface area contributed by atoms with Gasteiger partial charge in [-0.05, 0) is 55.2 Å². The van der Waals surface area contributed by atoms with Crippen molar-refractivity contribution in [3.05, 3.63) is 29.8 Å². The molecule has 2 saturated carbocycles. The van der Waals surface area contributed by atoms with Gasteiger partial charge in [-0.25, -0.2) is 0 Å². The lowest BCUT2D eigenvalue weighted by Gasteiger charge is -2.25. The zero-order valence-corrected chi connectivity index (χ0v) is 11.0. The summed E-state index contributed by atoms with van der Waals surface area (Å²) in [6, 6.07) is 8.80. The van der Waals surface area contributed by atoms with Gasteiger partial charge in [0, 0.05) is 24.7 Å². The second-order valence-corrected chi connectivity index (χ2v) is 5.86. The fraction of sp³-hybridized carbons (Fsp3) is 0.600. The molecule has 3 rings (SSSR count). The van der Waals surface area contributed by atoms with Gasteiger partial charge in [-0.15, -0.1) is 11.6 Å². The molecule has 2 aliphatic carbocycles. The van der Waals surface area contributed by atoms with Crippen LogP contribution in [0.4, 0.5) is 5.69 Å². The predicted molar refractivity (Wildman–Crippen MR) is 73.7 cm³/mol. The Kier molecular flexibility index (Phi) is 3.28. The van der Waals surface area contributed by atoms with Crippen molar-refractivity contribution in [2.75, 3.05) is 18.0 Å². The number of hydrogen-bond acceptors (Lipinski definition) is 1. The number of rotatable bonds is 6. The van der Waals surface area contributed by atoms with E-state index in [0.717, 1.165) is 11.8 Å². The fourth-order valence-electron chi connectivity index (χ4n) is 2.31. The SMILES string of the molecule is ClCc1ccc(N(CC2CC2)CC2CC2)cc1. The summed E-state index contributed by atoms with van der Waals surface area (Å²) < 4.78 is 0. The highest BCUT2D eigenvalue weighted by Gasteiger charge is 2.29. The highest BCUT2D eigenvalue weighted by Crippen LogP contribution is 2.35. The molecule has 1 aromatic rings. The maximum Gasteiger partial charge on any atom is 0.0474 e. The maximum absolute atomic E-state index is 5.83. The van der Waals surface area contributed by atoms with Gasteiger partial charge in [0.15, 0.2) is 0 Å². The lowest BCUT2D eigenvalue weighted by Crippen LogP contribution is -2.27. The Hall–Kier alpha value is -0.690. The number of anilines is 1. The van der Waals surface area contributed by atoms with Crippen LogP contribution in [0, 0.1) is 11.8 Å². The van der Waals surface area contributed by atoms with Gasteiger partial charge in [-0.1, -0.05) is 12.1 Å². The van der Waals surface area contributed by atoms with Gasteiger partial charge in [0.25, 0.3) is 0 Å². The highest BCUT2D eigenvalue weighted by molar-refractivity contribution is 6.17. The molecular formula is C15H20ClN. The molecule has 0 spiro atoms. The Labute approximate surface area is 109 Å². The topological polar surface area (TPSA) is 3.24 Å². The van der Waals surface area contributed by atoms with E-state index in [2.05, 4.69) is 29.2 Å². The van der Waals surface area contributed by atoms with Crippen molar-refractivity contribution < 1.29 is 0 Å². The minimum Gasteiger partial charge on any atom is -0.371 e. The van der Waals surface area contributed by atoms with Gasteiger partial charge in [-0.2, -0.15) is 0 Å². The van der Waals surface area contributed by atoms with E-state index < -0.39 is 0 Å². The average molecular weight is 250 g/mol. The molecule has 0 amide bonds. The van der Waals surface area contributed by atoms with Crippen LogP contribution in [-0.2, 0) is 5.88 Å². The molecule has 0 aromatic heterocycles. The molecule has 1 nitrogen and oxygen atoms in total. The summed E-state index contributed by atoms with van der Waals surface area (Å²) in [7, 11) is 0. The third kappa shape index (κ3) is 3.16. The molecule has 2 heteroatoms. The summed E-state index contributed by atoms with van der Waals surface area (Å²) in [4.78, 5) is 2.59. The predicted octanol–water partition coefficient (Wildman–Crippen LogP) is 4.05. The Morgan fingerprint density at radius 3 is 1.88 bits per heavy atom. The smallest absolute Gasteiger partial charge is 0.0474 e.